The number of carboxylic acids is 1. The van der Waals surface area contributed by atoms with Crippen LogP contribution < -0.4 is 10.6 Å². The van der Waals surface area contributed by atoms with E-state index in [0.29, 0.717) is 12.8 Å². The van der Waals surface area contributed by atoms with Gasteiger partial charge in [-0.3, -0.25) is 14.4 Å². The number of ether oxygens (including phenoxy) is 2. The molecule has 2 aliphatic rings. The Morgan fingerprint density at radius 3 is 2.10 bits per heavy atom. The molecule has 2 aliphatic carbocycles. The highest BCUT2D eigenvalue weighted by Crippen LogP contribution is 2.44. The highest BCUT2D eigenvalue weighted by atomic mass is 16.5. The van der Waals surface area contributed by atoms with E-state index < -0.39 is 42.3 Å². The number of aliphatic carboxylic acids is 1. The van der Waals surface area contributed by atoms with Crippen molar-refractivity contribution < 1.29 is 33.8 Å². The van der Waals surface area contributed by atoms with Crippen LogP contribution in [0.25, 0.3) is 11.1 Å². The van der Waals surface area contributed by atoms with Gasteiger partial charge in [0.1, 0.15) is 19.3 Å². The predicted octanol–water partition coefficient (Wildman–Crippen LogP) is 4.40. The topological polar surface area (TPSA) is 131 Å². The van der Waals surface area contributed by atoms with E-state index in [4.69, 9.17) is 9.47 Å². The van der Waals surface area contributed by atoms with Crippen molar-refractivity contribution in [1.82, 2.24) is 10.6 Å². The Labute approximate surface area is 237 Å². The Kier molecular flexibility index (Phi) is 8.62. The number of hydrogen-bond acceptors (Lipinski definition) is 6. The lowest BCUT2D eigenvalue weighted by Crippen LogP contribution is -2.50. The normalized spacial score (nSPS) is 18.0. The van der Waals surface area contributed by atoms with Gasteiger partial charge in [0.2, 0.25) is 5.91 Å². The molecule has 0 saturated heterocycles. The monoisotopic (exact) mass is 556 g/mol. The lowest BCUT2D eigenvalue weighted by atomic mass is 9.98. The summed E-state index contributed by atoms with van der Waals surface area (Å²) in [4.78, 5) is 50.1. The van der Waals surface area contributed by atoms with Gasteiger partial charge in [-0.25, -0.2) is 4.79 Å². The number of carboxylic acid groups (broad SMARTS) is 1. The van der Waals surface area contributed by atoms with Crippen LogP contribution in [0.2, 0.25) is 0 Å². The number of nitrogens with one attached hydrogen (secondary N) is 2. The summed E-state index contributed by atoms with van der Waals surface area (Å²) in [5.74, 6) is -2.86. The highest BCUT2D eigenvalue weighted by Gasteiger charge is 2.34. The Morgan fingerprint density at radius 2 is 1.46 bits per heavy atom. The Hall–Kier alpha value is -4.66. The molecule has 5 rings (SSSR count). The zero-order chi connectivity index (χ0) is 28.8. The van der Waals surface area contributed by atoms with Gasteiger partial charge in [-0.05, 0) is 47.1 Å². The maximum absolute atomic E-state index is 13.2. The first-order valence-corrected chi connectivity index (χ1v) is 13.7. The van der Waals surface area contributed by atoms with E-state index in [2.05, 4.69) is 10.6 Å². The van der Waals surface area contributed by atoms with E-state index in [1.54, 1.807) is 0 Å². The average Bonchev–Trinajstić information content (AvgIpc) is 3.58. The van der Waals surface area contributed by atoms with Gasteiger partial charge < -0.3 is 25.2 Å². The van der Waals surface area contributed by atoms with Gasteiger partial charge in [0.15, 0.2) is 0 Å². The minimum absolute atomic E-state index is 0.0296. The second kappa shape index (κ2) is 12.7. The summed E-state index contributed by atoms with van der Waals surface area (Å²) in [6, 6.07) is 23.4. The molecule has 0 bridgehead atoms. The molecule has 1 fully saturated rings. The van der Waals surface area contributed by atoms with Crippen LogP contribution in [0.4, 0.5) is 4.79 Å². The number of hydrogen-bond donors (Lipinski definition) is 3. The molecule has 0 unspecified atom stereocenters. The lowest BCUT2D eigenvalue weighted by Gasteiger charge is -2.21. The summed E-state index contributed by atoms with van der Waals surface area (Å²) in [5, 5.41) is 14.6. The van der Waals surface area contributed by atoms with Crippen LogP contribution in [0.1, 0.15) is 48.3 Å². The molecule has 9 heteroatoms. The fourth-order valence-electron chi connectivity index (χ4n) is 5.59. The molecule has 3 aromatic carbocycles. The smallest absolute Gasteiger partial charge is 0.407 e. The van der Waals surface area contributed by atoms with E-state index >= 15 is 0 Å². The van der Waals surface area contributed by atoms with Crippen molar-refractivity contribution in [3.8, 4) is 11.1 Å². The van der Waals surface area contributed by atoms with Gasteiger partial charge in [0.25, 0.3) is 0 Å². The van der Waals surface area contributed by atoms with Crippen LogP contribution >= 0.6 is 0 Å². The maximum Gasteiger partial charge on any atom is 0.407 e. The summed E-state index contributed by atoms with van der Waals surface area (Å²) in [5.41, 5.74) is 5.07. The average molecular weight is 557 g/mol. The van der Waals surface area contributed by atoms with Crippen molar-refractivity contribution in [1.29, 1.82) is 0 Å². The third kappa shape index (κ3) is 6.74. The van der Waals surface area contributed by atoms with Crippen LogP contribution in [0.5, 0.6) is 0 Å². The summed E-state index contributed by atoms with van der Waals surface area (Å²) >= 11 is 0. The van der Waals surface area contributed by atoms with Gasteiger partial charge in [-0.2, -0.15) is 0 Å². The molecule has 0 heterocycles. The first-order valence-electron chi connectivity index (χ1n) is 13.7. The number of carbonyl (C=O) groups is 4. The fraction of sp³-hybridized carbons (Fsp3) is 0.312. The molecule has 2 amide bonds. The first-order chi connectivity index (χ1) is 19.9. The maximum atomic E-state index is 13.2. The number of amides is 2. The van der Waals surface area contributed by atoms with Gasteiger partial charge in [0.05, 0.1) is 12.3 Å². The van der Waals surface area contributed by atoms with Crippen molar-refractivity contribution in [3.05, 3.63) is 95.6 Å². The molecule has 3 atom stereocenters. The van der Waals surface area contributed by atoms with Crippen molar-refractivity contribution in [2.24, 2.45) is 5.92 Å². The van der Waals surface area contributed by atoms with Crippen LogP contribution in [0.15, 0.2) is 78.9 Å². The molecule has 0 spiro atoms. The summed E-state index contributed by atoms with van der Waals surface area (Å²) in [6.45, 7) is 0.0808. The first kappa shape index (κ1) is 27.9. The molecule has 0 radical (unpaired) electrons. The number of alkyl carbamates (subject to hydrolysis) is 1. The highest BCUT2D eigenvalue weighted by molar-refractivity contribution is 5.90. The number of esters is 1. The zero-order valence-electron chi connectivity index (χ0n) is 22.5. The number of benzene rings is 3. The fourth-order valence-corrected chi connectivity index (χ4v) is 5.59. The summed E-state index contributed by atoms with van der Waals surface area (Å²) in [7, 11) is 0. The predicted molar refractivity (Wildman–Crippen MR) is 150 cm³/mol. The van der Waals surface area contributed by atoms with Crippen LogP contribution in [0.3, 0.4) is 0 Å². The number of rotatable bonds is 10. The van der Waals surface area contributed by atoms with E-state index in [9.17, 15) is 24.3 Å². The SMILES string of the molecule is O=C(C[C@H](NC(=O)OCC1c2ccccc2-c2ccccc21)C(=O)N[C@H]1CC[C@@H](C(=O)O)C1)OCc1ccccc1. The summed E-state index contributed by atoms with van der Waals surface area (Å²) in [6.07, 6.45) is -0.00428. The molecular weight excluding hydrogens is 524 g/mol. The molecule has 0 aliphatic heterocycles. The molecule has 3 aromatic rings. The van der Waals surface area contributed by atoms with E-state index in [1.807, 2.05) is 78.9 Å². The zero-order valence-corrected chi connectivity index (χ0v) is 22.5. The van der Waals surface area contributed by atoms with E-state index in [0.717, 1.165) is 27.8 Å². The quantitative estimate of drug-likeness (QED) is 0.316. The van der Waals surface area contributed by atoms with Crippen molar-refractivity contribution in [2.75, 3.05) is 6.61 Å². The Bertz CT molecular complexity index is 1380. The van der Waals surface area contributed by atoms with Crippen LogP contribution in [-0.4, -0.2) is 47.7 Å². The second-order valence-corrected chi connectivity index (χ2v) is 10.4. The van der Waals surface area contributed by atoms with E-state index in [-0.39, 0.29) is 31.6 Å². The lowest BCUT2D eigenvalue weighted by molar-refractivity contribution is -0.147. The van der Waals surface area contributed by atoms with Crippen molar-refractivity contribution in [3.63, 3.8) is 0 Å². The van der Waals surface area contributed by atoms with Gasteiger partial charge in [0, 0.05) is 12.0 Å². The van der Waals surface area contributed by atoms with Gasteiger partial charge in [-0.1, -0.05) is 78.9 Å². The molecular formula is C32H32N2O7. The molecule has 41 heavy (non-hydrogen) atoms. The molecule has 0 aromatic heterocycles. The Morgan fingerprint density at radius 1 is 0.829 bits per heavy atom. The number of carbonyl (C=O) groups excluding carboxylic acids is 3. The minimum atomic E-state index is -1.25. The molecule has 9 nitrogen and oxygen atoms in total. The minimum Gasteiger partial charge on any atom is -0.481 e. The van der Waals surface area contributed by atoms with Crippen molar-refractivity contribution in [2.45, 2.75) is 50.3 Å². The standard InChI is InChI=1S/C32H32N2O7/c35-29(40-18-20-8-2-1-3-9-20)17-28(30(36)33-22-15-14-21(16-22)31(37)38)34-32(39)41-19-27-25-12-6-4-10-23(25)24-11-5-7-13-26(24)27/h1-13,21-22,27-28H,14-19H2,(H,33,36)(H,34,39)(H,37,38)/t21-,22+,28+/m1/s1. The van der Waals surface area contributed by atoms with Crippen molar-refractivity contribution >= 4 is 23.9 Å². The largest absolute Gasteiger partial charge is 0.481 e. The second-order valence-electron chi connectivity index (χ2n) is 10.4. The third-order valence-electron chi connectivity index (χ3n) is 7.69. The Balaban J connectivity index is 1.23. The molecule has 1 saturated carbocycles. The number of fused-ring (bicyclic) bond motifs is 3. The van der Waals surface area contributed by atoms with Crippen LogP contribution in [-0.2, 0) is 30.5 Å². The van der Waals surface area contributed by atoms with Gasteiger partial charge in [-0.15, -0.1) is 0 Å². The van der Waals surface area contributed by atoms with Gasteiger partial charge >= 0.3 is 18.0 Å². The summed E-state index contributed by atoms with van der Waals surface area (Å²) < 4.78 is 10.9. The third-order valence-corrected chi connectivity index (χ3v) is 7.69. The molecule has 3 N–H and O–H groups in total. The van der Waals surface area contributed by atoms with E-state index in [1.165, 1.54) is 0 Å². The van der Waals surface area contributed by atoms with Crippen LogP contribution in [0, 0.1) is 5.92 Å². The molecule has 212 valence electrons.